The first-order valence-corrected chi connectivity index (χ1v) is 7.31. The van der Waals surface area contributed by atoms with Gasteiger partial charge in [0, 0.05) is 5.56 Å². The van der Waals surface area contributed by atoms with E-state index in [0.717, 1.165) is 11.3 Å². The molecular weight excluding hydrogens is 236 g/mol. The second-order valence-electron chi connectivity index (χ2n) is 5.47. The summed E-state index contributed by atoms with van der Waals surface area (Å²) in [5.74, 6) is 7.19. The molecule has 0 bridgehead atoms. The first-order valence-electron chi connectivity index (χ1n) is 7.31. The maximum atomic E-state index is 5.89. The van der Waals surface area contributed by atoms with Gasteiger partial charge in [0.15, 0.2) is 0 Å². The second-order valence-corrected chi connectivity index (χ2v) is 5.47. The highest BCUT2D eigenvalue weighted by Gasteiger charge is 2.21. The molecule has 0 aromatic heterocycles. The fourth-order valence-corrected chi connectivity index (χ4v) is 2.35. The molecule has 19 heavy (non-hydrogen) atoms. The lowest BCUT2D eigenvalue weighted by atomic mass is 9.90. The van der Waals surface area contributed by atoms with Crippen LogP contribution in [0.15, 0.2) is 24.3 Å². The summed E-state index contributed by atoms with van der Waals surface area (Å²) >= 11 is 0. The third-order valence-corrected chi connectivity index (χ3v) is 3.38. The number of rotatable bonds is 8. The number of nitrogens with one attached hydrogen (secondary N) is 1. The first kappa shape index (κ1) is 16.0. The molecule has 108 valence electrons. The number of para-hydroxylation sites is 1. The minimum atomic E-state index is 0.140. The molecule has 0 aliphatic carbocycles. The van der Waals surface area contributed by atoms with E-state index in [0.29, 0.717) is 5.92 Å². The summed E-state index contributed by atoms with van der Waals surface area (Å²) in [5.41, 5.74) is 4.12. The molecule has 0 aliphatic heterocycles. The molecule has 0 radical (unpaired) electrons. The van der Waals surface area contributed by atoms with Gasteiger partial charge in [-0.1, -0.05) is 44.9 Å². The molecule has 0 amide bonds. The monoisotopic (exact) mass is 264 g/mol. The molecule has 0 fully saturated rings. The van der Waals surface area contributed by atoms with Crippen molar-refractivity contribution in [2.24, 2.45) is 11.8 Å². The fourth-order valence-electron chi connectivity index (χ4n) is 2.35. The summed E-state index contributed by atoms with van der Waals surface area (Å²) in [5, 5.41) is 0. The van der Waals surface area contributed by atoms with Crippen molar-refractivity contribution < 1.29 is 4.74 Å². The van der Waals surface area contributed by atoms with Crippen LogP contribution in [0.5, 0.6) is 5.75 Å². The molecule has 0 saturated heterocycles. The van der Waals surface area contributed by atoms with Gasteiger partial charge >= 0.3 is 0 Å². The third kappa shape index (κ3) is 4.84. The van der Waals surface area contributed by atoms with Crippen LogP contribution in [0, 0.1) is 5.92 Å². The normalized spacial score (nSPS) is 14.4. The lowest BCUT2D eigenvalue weighted by Crippen LogP contribution is -2.33. The summed E-state index contributed by atoms with van der Waals surface area (Å²) in [6, 6.07) is 8.31. The van der Waals surface area contributed by atoms with Gasteiger partial charge in [-0.05, 0) is 32.3 Å². The van der Waals surface area contributed by atoms with E-state index < -0.39 is 0 Å². The van der Waals surface area contributed by atoms with Crippen LogP contribution in [0.3, 0.4) is 0 Å². The molecule has 0 heterocycles. The average molecular weight is 264 g/mol. The SMILES string of the molecule is CCCCC(C)C(NN)c1ccccc1OC(C)C. The van der Waals surface area contributed by atoms with Crippen molar-refractivity contribution in [1.82, 2.24) is 5.43 Å². The van der Waals surface area contributed by atoms with Gasteiger partial charge in [0.2, 0.25) is 0 Å². The van der Waals surface area contributed by atoms with Crippen molar-refractivity contribution in [1.29, 1.82) is 0 Å². The fraction of sp³-hybridized carbons (Fsp3) is 0.625. The van der Waals surface area contributed by atoms with E-state index in [1.807, 2.05) is 32.0 Å². The van der Waals surface area contributed by atoms with Gasteiger partial charge in [-0.3, -0.25) is 11.3 Å². The molecule has 0 spiro atoms. The molecule has 1 rings (SSSR count). The highest BCUT2D eigenvalue weighted by Crippen LogP contribution is 2.32. The Morgan fingerprint density at radius 3 is 2.47 bits per heavy atom. The van der Waals surface area contributed by atoms with Gasteiger partial charge in [0.25, 0.3) is 0 Å². The molecule has 1 aromatic carbocycles. The van der Waals surface area contributed by atoms with Crippen LogP contribution in [0.25, 0.3) is 0 Å². The number of unbranched alkanes of at least 4 members (excludes halogenated alkanes) is 1. The van der Waals surface area contributed by atoms with Crippen molar-refractivity contribution >= 4 is 0 Å². The van der Waals surface area contributed by atoms with Crippen molar-refractivity contribution in [3.63, 3.8) is 0 Å². The number of hydrogen-bond acceptors (Lipinski definition) is 3. The molecule has 0 saturated carbocycles. The Balaban J connectivity index is 2.90. The standard InChI is InChI=1S/C16H28N2O/c1-5-6-9-13(4)16(18-17)14-10-7-8-11-15(14)19-12(2)3/h7-8,10-13,16,18H,5-6,9,17H2,1-4H3. The Bertz CT molecular complexity index is 366. The molecule has 3 heteroatoms. The summed E-state index contributed by atoms with van der Waals surface area (Å²) in [6.45, 7) is 8.55. The minimum Gasteiger partial charge on any atom is -0.491 e. The minimum absolute atomic E-state index is 0.140. The first-order chi connectivity index (χ1) is 9.10. The Kier molecular flexibility index (Phi) is 6.89. The zero-order valence-electron chi connectivity index (χ0n) is 12.6. The van der Waals surface area contributed by atoms with Gasteiger partial charge in [-0.2, -0.15) is 0 Å². The Labute approximate surface area is 117 Å². The lowest BCUT2D eigenvalue weighted by Gasteiger charge is -2.26. The van der Waals surface area contributed by atoms with Crippen molar-refractivity contribution in [2.75, 3.05) is 0 Å². The average Bonchev–Trinajstić information content (AvgIpc) is 2.38. The molecule has 3 N–H and O–H groups in total. The highest BCUT2D eigenvalue weighted by atomic mass is 16.5. The smallest absolute Gasteiger partial charge is 0.124 e. The largest absolute Gasteiger partial charge is 0.491 e. The van der Waals surface area contributed by atoms with Crippen LogP contribution in [0.4, 0.5) is 0 Å². The Morgan fingerprint density at radius 1 is 1.21 bits per heavy atom. The van der Waals surface area contributed by atoms with Gasteiger partial charge in [0.05, 0.1) is 12.1 Å². The molecule has 1 aromatic rings. The second kappa shape index (κ2) is 8.18. The zero-order chi connectivity index (χ0) is 14.3. The van der Waals surface area contributed by atoms with E-state index in [2.05, 4.69) is 25.3 Å². The number of benzene rings is 1. The van der Waals surface area contributed by atoms with E-state index in [9.17, 15) is 0 Å². The van der Waals surface area contributed by atoms with Crippen LogP contribution >= 0.6 is 0 Å². The number of hydrazine groups is 1. The molecule has 0 aliphatic rings. The predicted molar refractivity (Wildman–Crippen MR) is 81.0 cm³/mol. The van der Waals surface area contributed by atoms with Crippen LogP contribution in [-0.2, 0) is 0 Å². The predicted octanol–water partition coefficient (Wildman–Crippen LogP) is 3.80. The van der Waals surface area contributed by atoms with Gasteiger partial charge < -0.3 is 4.74 Å². The van der Waals surface area contributed by atoms with E-state index in [1.54, 1.807) is 0 Å². The van der Waals surface area contributed by atoms with Crippen LogP contribution in [0.2, 0.25) is 0 Å². The summed E-state index contributed by atoms with van der Waals surface area (Å²) in [7, 11) is 0. The maximum Gasteiger partial charge on any atom is 0.124 e. The van der Waals surface area contributed by atoms with E-state index >= 15 is 0 Å². The number of hydrogen-bond donors (Lipinski definition) is 2. The van der Waals surface area contributed by atoms with Gasteiger partial charge in [0.1, 0.15) is 5.75 Å². The third-order valence-electron chi connectivity index (χ3n) is 3.38. The van der Waals surface area contributed by atoms with Crippen molar-refractivity contribution in [2.45, 2.75) is 59.1 Å². The van der Waals surface area contributed by atoms with Gasteiger partial charge in [-0.15, -0.1) is 0 Å². The van der Waals surface area contributed by atoms with Crippen LogP contribution < -0.4 is 16.0 Å². The molecule has 3 nitrogen and oxygen atoms in total. The summed E-state index contributed by atoms with van der Waals surface area (Å²) in [4.78, 5) is 0. The zero-order valence-corrected chi connectivity index (χ0v) is 12.6. The Hall–Kier alpha value is -1.06. The molecule has 2 atom stereocenters. The topological polar surface area (TPSA) is 47.3 Å². The molecule has 2 unspecified atom stereocenters. The quantitative estimate of drug-likeness (QED) is 0.554. The van der Waals surface area contributed by atoms with E-state index in [-0.39, 0.29) is 12.1 Å². The maximum absolute atomic E-state index is 5.89. The number of ether oxygens (including phenoxy) is 1. The summed E-state index contributed by atoms with van der Waals surface area (Å²) in [6.07, 6.45) is 3.78. The summed E-state index contributed by atoms with van der Waals surface area (Å²) < 4.78 is 5.89. The van der Waals surface area contributed by atoms with Crippen molar-refractivity contribution in [3.05, 3.63) is 29.8 Å². The van der Waals surface area contributed by atoms with Crippen molar-refractivity contribution in [3.8, 4) is 5.75 Å². The van der Waals surface area contributed by atoms with Gasteiger partial charge in [-0.25, -0.2) is 0 Å². The van der Waals surface area contributed by atoms with Crippen LogP contribution in [0.1, 0.15) is 58.6 Å². The lowest BCUT2D eigenvalue weighted by molar-refractivity contribution is 0.233. The van der Waals surface area contributed by atoms with Crippen LogP contribution in [-0.4, -0.2) is 6.10 Å². The van der Waals surface area contributed by atoms with E-state index in [4.69, 9.17) is 10.6 Å². The Morgan fingerprint density at radius 2 is 1.89 bits per heavy atom. The molecular formula is C16H28N2O. The van der Waals surface area contributed by atoms with E-state index in [1.165, 1.54) is 19.3 Å². The number of nitrogens with two attached hydrogens (primary N) is 1. The highest BCUT2D eigenvalue weighted by molar-refractivity contribution is 5.36.